The highest BCUT2D eigenvalue weighted by Crippen LogP contribution is 2.36. The Kier molecular flexibility index (Phi) is 4.98. The second-order valence-corrected chi connectivity index (χ2v) is 5.59. The first-order valence-electron chi connectivity index (χ1n) is 7.39. The van der Waals surface area contributed by atoms with Crippen molar-refractivity contribution in [1.82, 2.24) is 4.57 Å². The molecular formula is C18H23NO4. The molecule has 0 saturated carbocycles. The van der Waals surface area contributed by atoms with Gasteiger partial charge in [-0.1, -0.05) is 11.6 Å². The van der Waals surface area contributed by atoms with Gasteiger partial charge in [-0.2, -0.15) is 0 Å². The summed E-state index contributed by atoms with van der Waals surface area (Å²) in [5.41, 5.74) is 2.38. The summed E-state index contributed by atoms with van der Waals surface area (Å²) >= 11 is 0. The van der Waals surface area contributed by atoms with E-state index < -0.39 is 0 Å². The minimum absolute atomic E-state index is 0.0877. The summed E-state index contributed by atoms with van der Waals surface area (Å²) in [6, 6.07) is 3.62. The minimum atomic E-state index is -0.0877. The van der Waals surface area contributed by atoms with Gasteiger partial charge >= 0.3 is 0 Å². The van der Waals surface area contributed by atoms with Crippen molar-refractivity contribution in [1.29, 1.82) is 0 Å². The molecule has 0 aliphatic carbocycles. The van der Waals surface area contributed by atoms with Crippen LogP contribution in [0.1, 0.15) is 19.4 Å². The fourth-order valence-electron chi connectivity index (χ4n) is 2.66. The Hall–Kier alpha value is -2.43. The van der Waals surface area contributed by atoms with Gasteiger partial charge in [0, 0.05) is 18.5 Å². The highest BCUT2D eigenvalue weighted by molar-refractivity contribution is 5.92. The largest absolute Gasteiger partial charge is 0.497 e. The summed E-state index contributed by atoms with van der Waals surface area (Å²) in [6.07, 6.45) is 2.54. The number of hydrogen-bond donors (Lipinski definition) is 0. The van der Waals surface area contributed by atoms with Gasteiger partial charge in [0.15, 0.2) is 0 Å². The number of ether oxygens (including phenoxy) is 3. The third-order valence-electron chi connectivity index (χ3n) is 3.84. The van der Waals surface area contributed by atoms with Gasteiger partial charge in [0.1, 0.15) is 17.2 Å². The Labute approximate surface area is 136 Å². The van der Waals surface area contributed by atoms with Crippen molar-refractivity contribution in [2.75, 3.05) is 21.3 Å². The van der Waals surface area contributed by atoms with Crippen molar-refractivity contribution >= 4 is 10.9 Å². The Bertz CT molecular complexity index is 814. The van der Waals surface area contributed by atoms with Crippen molar-refractivity contribution in [2.45, 2.75) is 20.3 Å². The molecule has 5 heteroatoms. The van der Waals surface area contributed by atoms with Gasteiger partial charge in [0.2, 0.25) is 0 Å². The van der Waals surface area contributed by atoms with Crippen molar-refractivity contribution in [2.24, 2.45) is 7.05 Å². The predicted molar refractivity (Wildman–Crippen MR) is 92.0 cm³/mol. The van der Waals surface area contributed by atoms with Crippen LogP contribution in [0, 0.1) is 0 Å². The number of pyridine rings is 1. The van der Waals surface area contributed by atoms with E-state index >= 15 is 0 Å². The average Bonchev–Trinajstić information content (AvgIpc) is 2.55. The molecule has 0 aliphatic heterocycles. The third kappa shape index (κ3) is 3.04. The van der Waals surface area contributed by atoms with Gasteiger partial charge in [-0.05, 0) is 26.3 Å². The number of rotatable bonds is 5. The highest BCUT2D eigenvalue weighted by atomic mass is 16.5. The van der Waals surface area contributed by atoms with Gasteiger partial charge < -0.3 is 18.8 Å². The lowest BCUT2D eigenvalue weighted by molar-refractivity contribution is 0.393. The van der Waals surface area contributed by atoms with E-state index in [0.717, 1.165) is 11.0 Å². The quantitative estimate of drug-likeness (QED) is 0.795. The first-order valence-corrected chi connectivity index (χ1v) is 7.39. The number of aromatic nitrogens is 1. The van der Waals surface area contributed by atoms with Crippen LogP contribution in [0.4, 0.5) is 0 Å². The maximum atomic E-state index is 12.8. The van der Waals surface area contributed by atoms with E-state index in [2.05, 4.69) is 0 Å². The predicted octanol–water partition coefficient (Wildman–Crippen LogP) is 3.07. The van der Waals surface area contributed by atoms with Crippen molar-refractivity contribution < 1.29 is 14.2 Å². The van der Waals surface area contributed by atoms with Gasteiger partial charge in [-0.25, -0.2) is 0 Å². The summed E-state index contributed by atoms with van der Waals surface area (Å²) in [5, 5.41) is 0.794. The number of methoxy groups -OCH3 is 3. The molecule has 0 unspecified atom stereocenters. The smallest absolute Gasteiger partial charge is 0.258 e. The molecule has 0 spiro atoms. The van der Waals surface area contributed by atoms with E-state index in [1.165, 1.54) is 0 Å². The SMILES string of the molecule is COc1cc(OC)c2c(c1)c(OC)c(CC=C(C)C)c(=O)n2C. The number of allylic oxidation sites excluding steroid dienone is 2. The zero-order valence-electron chi connectivity index (χ0n) is 14.5. The Morgan fingerprint density at radius 1 is 1.13 bits per heavy atom. The molecule has 23 heavy (non-hydrogen) atoms. The Morgan fingerprint density at radius 2 is 1.83 bits per heavy atom. The number of fused-ring (bicyclic) bond motifs is 1. The number of aryl methyl sites for hydroxylation is 1. The van der Waals surface area contributed by atoms with Crippen LogP contribution in [0.15, 0.2) is 28.6 Å². The van der Waals surface area contributed by atoms with Crippen LogP contribution in [0.25, 0.3) is 10.9 Å². The molecule has 0 saturated heterocycles. The molecule has 5 nitrogen and oxygen atoms in total. The van der Waals surface area contributed by atoms with E-state index in [9.17, 15) is 4.79 Å². The van der Waals surface area contributed by atoms with Crippen LogP contribution in [-0.4, -0.2) is 25.9 Å². The molecule has 2 rings (SSSR count). The molecule has 0 aliphatic rings. The minimum Gasteiger partial charge on any atom is -0.497 e. The second kappa shape index (κ2) is 6.77. The molecule has 1 heterocycles. The Morgan fingerprint density at radius 3 is 2.35 bits per heavy atom. The van der Waals surface area contributed by atoms with E-state index in [0.29, 0.717) is 34.7 Å². The lowest BCUT2D eigenvalue weighted by Crippen LogP contribution is -2.23. The molecular weight excluding hydrogens is 294 g/mol. The Balaban J connectivity index is 2.92. The fraction of sp³-hybridized carbons (Fsp3) is 0.389. The summed E-state index contributed by atoms with van der Waals surface area (Å²) in [4.78, 5) is 12.8. The van der Waals surface area contributed by atoms with Crippen molar-refractivity contribution in [3.63, 3.8) is 0 Å². The lowest BCUT2D eigenvalue weighted by Gasteiger charge is -2.17. The van der Waals surface area contributed by atoms with Crippen LogP contribution >= 0.6 is 0 Å². The lowest BCUT2D eigenvalue weighted by atomic mass is 10.1. The number of benzene rings is 1. The molecule has 0 radical (unpaired) electrons. The van der Waals surface area contributed by atoms with Gasteiger partial charge in [-0.15, -0.1) is 0 Å². The topological polar surface area (TPSA) is 49.7 Å². The molecule has 0 N–H and O–H groups in total. The molecule has 0 amide bonds. The molecule has 0 bridgehead atoms. The van der Waals surface area contributed by atoms with Crippen LogP contribution in [0.3, 0.4) is 0 Å². The van der Waals surface area contributed by atoms with Crippen LogP contribution in [0.5, 0.6) is 17.2 Å². The van der Waals surface area contributed by atoms with Gasteiger partial charge in [0.05, 0.1) is 32.4 Å². The fourth-order valence-corrected chi connectivity index (χ4v) is 2.66. The zero-order valence-corrected chi connectivity index (χ0v) is 14.5. The van der Waals surface area contributed by atoms with Crippen molar-refractivity contribution in [3.8, 4) is 17.2 Å². The van der Waals surface area contributed by atoms with Crippen LogP contribution in [-0.2, 0) is 13.5 Å². The summed E-state index contributed by atoms with van der Waals surface area (Å²) in [7, 11) is 6.48. The van der Waals surface area contributed by atoms with E-state index in [1.54, 1.807) is 39.0 Å². The zero-order chi connectivity index (χ0) is 17.1. The molecule has 2 aromatic rings. The third-order valence-corrected chi connectivity index (χ3v) is 3.84. The normalized spacial score (nSPS) is 10.5. The first kappa shape index (κ1) is 16.9. The van der Waals surface area contributed by atoms with Crippen LogP contribution in [0.2, 0.25) is 0 Å². The standard InChI is InChI=1S/C18H23NO4/c1-11(2)7-8-13-17(23-6)14-9-12(21-4)10-15(22-5)16(14)19(3)18(13)20/h7,9-10H,8H2,1-6H3. The first-order chi connectivity index (χ1) is 10.9. The van der Waals surface area contributed by atoms with Crippen LogP contribution < -0.4 is 19.8 Å². The number of nitrogens with zero attached hydrogens (tertiary/aromatic N) is 1. The van der Waals surface area contributed by atoms with E-state index in [-0.39, 0.29) is 5.56 Å². The summed E-state index contributed by atoms with van der Waals surface area (Å²) in [6.45, 7) is 4.01. The van der Waals surface area contributed by atoms with E-state index in [1.807, 2.05) is 26.0 Å². The highest BCUT2D eigenvalue weighted by Gasteiger charge is 2.19. The molecule has 124 valence electrons. The second-order valence-electron chi connectivity index (χ2n) is 5.59. The molecule has 1 aromatic heterocycles. The maximum Gasteiger partial charge on any atom is 0.258 e. The van der Waals surface area contributed by atoms with E-state index in [4.69, 9.17) is 14.2 Å². The summed E-state index contributed by atoms with van der Waals surface area (Å²) < 4.78 is 17.9. The monoisotopic (exact) mass is 317 g/mol. The van der Waals surface area contributed by atoms with Crippen molar-refractivity contribution in [3.05, 3.63) is 39.7 Å². The maximum absolute atomic E-state index is 12.8. The average molecular weight is 317 g/mol. The molecule has 0 atom stereocenters. The van der Waals surface area contributed by atoms with Gasteiger partial charge in [-0.3, -0.25) is 4.79 Å². The van der Waals surface area contributed by atoms with Gasteiger partial charge in [0.25, 0.3) is 5.56 Å². The number of hydrogen-bond acceptors (Lipinski definition) is 4. The summed E-state index contributed by atoms with van der Waals surface area (Å²) in [5.74, 6) is 1.79. The molecule has 1 aromatic carbocycles. The molecule has 0 fully saturated rings.